The second-order valence-electron chi connectivity index (χ2n) is 5.10. The maximum Gasteiger partial charge on any atom is 0.353 e. The minimum absolute atomic E-state index is 0.0855. The number of nitrogens with zero attached hydrogens (tertiary/aromatic N) is 1. The Balaban J connectivity index is 1.84. The van der Waals surface area contributed by atoms with E-state index in [1.807, 2.05) is 37.4 Å². The van der Waals surface area contributed by atoms with Gasteiger partial charge in [0.2, 0.25) is 0 Å². The highest BCUT2D eigenvalue weighted by molar-refractivity contribution is 6.36. The minimum Gasteiger partial charge on any atom is -0.477 e. The number of carboxylic acids is 1. The molecular weight excluding hydrogens is 244 g/mol. The summed E-state index contributed by atoms with van der Waals surface area (Å²) in [5, 5.41) is 13.7. The first-order chi connectivity index (χ1) is 9.07. The zero-order valence-electron chi connectivity index (χ0n) is 10.5. The number of hydrogen-bond acceptors (Lipinski definition) is 3. The minimum atomic E-state index is -1.01. The van der Waals surface area contributed by atoms with Gasteiger partial charge in [0.25, 0.3) is 0 Å². The fourth-order valence-electron chi connectivity index (χ4n) is 2.47. The van der Waals surface area contributed by atoms with E-state index in [0.29, 0.717) is 12.8 Å². The van der Waals surface area contributed by atoms with Crippen LogP contribution in [0.5, 0.6) is 0 Å². The van der Waals surface area contributed by atoms with E-state index in [2.05, 4.69) is 10.1 Å². The molecule has 0 aliphatic carbocycles. The van der Waals surface area contributed by atoms with Gasteiger partial charge in [-0.2, -0.15) is 0 Å². The molecule has 0 amide bonds. The van der Waals surface area contributed by atoms with Crippen LogP contribution in [0.3, 0.4) is 0 Å². The maximum atomic E-state index is 10.9. The SMILES string of the molecule is CC1(Cc2c[nH]c3ccccc23)CC(C(=O)O)=NO1. The Bertz CT molecular complexity index is 674. The van der Waals surface area contributed by atoms with E-state index in [0.717, 1.165) is 16.5 Å². The first-order valence-electron chi connectivity index (χ1n) is 6.11. The van der Waals surface area contributed by atoms with E-state index in [4.69, 9.17) is 9.94 Å². The average molecular weight is 258 g/mol. The number of aliphatic carboxylic acids is 1. The van der Waals surface area contributed by atoms with Crippen LogP contribution >= 0.6 is 0 Å². The molecule has 1 aliphatic heterocycles. The molecule has 19 heavy (non-hydrogen) atoms. The van der Waals surface area contributed by atoms with Crippen molar-refractivity contribution in [1.82, 2.24) is 4.98 Å². The van der Waals surface area contributed by atoms with Gasteiger partial charge in [-0.15, -0.1) is 0 Å². The predicted molar refractivity (Wildman–Crippen MR) is 71.2 cm³/mol. The fourth-order valence-corrected chi connectivity index (χ4v) is 2.47. The van der Waals surface area contributed by atoms with Crippen molar-refractivity contribution in [2.75, 3.05) is 0 Å². The number of rotatable bonds is 3. The normalized spacial score (nSPS) is 22.3. The number of fused-ring (bicyclic) bond motifs is 1. The summed E-state index contributed by atoms with van der Waals surface area (Å²) in [5.41, 5.74) is 1.68. The molecule has 0 fully saturated rings. The molecule has 0 spiro atoms. The number of benzene rings is 1. The third kappa shape index (κ3) is 2.07. The van der Waals surface area contributed by atoms with Crippen LogP contribution in [0.25, 0.3) is 10.9 Å². The second kappa shape index (κ2) is 4.12. The molecule has 2 aromatic rings. The standard InChI is InChI=1S/C14H14N2O3/c1-14(7-12(13(17)18)16-19-14)6-9-8-15-11-5-3-2-4-10(9)11/h2-5,8,15H,6-7H2,1H3,(H,17,18). The molecule has 0 saturated heterocycles. The van der Waals surface area contributed by atoms with Gasteiger partial charge in [0.15, 0.2) is 5.71 Å². The number of hydrogen-bond donors (Lipinski definition) is 2. The highest BCUT2D eigenvalue weighted by atomic mass is 16.7. The van der Waals surface area contributed by atoms with Crippen molar-refractivity contribution in [1.29, 1.82) is 0 Å². The lowest BCUT2D eigenvalue weighted by molar-refractivity contribution is -0.129. The van der Waals surface area contributed by atoms with Crippen LogP contribution in [0.2, 0.25) is 0 Å². The van der Waals surface area contributed by atoms with Gasteiger partial charge in [0.1, 0.15) is 5.60 Å². The van der Waals surface area contributed by atoms with Crippen LogP contribution in [0.1, 0.15) is 18.9 Å². The molecule has 98 valence electrons. The Morgan fingerprint density at radius 2 is 2.32 bits per heavy atom. The van der Waals surface area contributed by atoms with Crippen LogP contribution in [0.4, 0.5) is 0 Å². The van der Waals surface area contributed by atoms with Crippen LogP contribution in [0, 0.1) is 0 Å². The van der Waals surface area contributed by atoms with Crippen LogP contribution in [-0.4, -0.2) is 27.4 Å². The summed E-state index contributed by atoms with van der Waals surface area (Å²) in [6, 6.07) is 8.01. The highest BCUT2D eigenvalue weighted by Crippen LogP contribution is 2.30. The van der Waals surface area contributed by atoms with Gasteiger partial charge in [-0.05, 0) is 18.6 Å². The third-order valence-corrected chi connectivity index (χ3v) is 3.40. The molecule has 2 N–H and O–H groups in total. The van der Waals surface area contributed by atoms with Gasteiger partial charge in [-0.25, -0.2) is 4.79 Å². The molecule has 0 radical (unpaired) electrons. The van der Waals surface area contributed by atoms with E-state index < -0.39 is 11.6 Å². The van der Waals surface area contributed by atoms with Crippen molar-refractivity contribution in [2.45, 2.75) is 25.4 Å². The lowest BCUT2D eigenvalue weighted by Gasteiger charge is -2.20. The van der Waals surface area contributed by atoms with E-state index in [1.165, 1.54) is 0 Å². The van der Waals surface area contributed by atoms with E-state index in [9.17, 15) is 4.79 Å². The van der Waals surface area contributed by atoms with Gasteiger partial charge in [-0.1, -0.05) is 23.4 Å². The van der Waals surface area contributed by atoms with Crippen LogP contribution in [0.15, 0.2) is 35.6 Å². The number of para-hydroxylation sites is 1. The van der Waals surface area contributed by atoms with Crippen molar-refractivity contribution in [3.8, 4) is 0 Å². The van der Waals surface area contributed by atoms with Gasteiger partial charge >= 0.3 is 5.97 Å². The predicted octanol–water partition coefficient (Wildman–Crippen LogP) is 2.33. The number of oxime groups is 1. The van der Waals surface area contributed by atoms with Crippen molar-refractivity contribution < 1.29 is 14.7 Å². The molecule has 1 aromatic carbocycles. The Morgan fingerprint density at radius 1 is 1.53 bits per heavy atom. The van der Waals surface area contributed by atoms with E-state index in [-0.39, 0.29) is 5.71 Å². The smallest absolute Gasteiger partial charge is 0.353 e. The van der Waals surface area contributed by atoms with Gasteiger partial charge in [0, 0.05) is 29.9 Å². The largest absolute Gasteiger partial charge is 0.477 e. The molecule has 1 aliphatic rings. The summed E-state index contributed by atoms with van der Waals surface area (Å²) in [7, 11) is 0. The van der Waals surface area contributed by atoms with Gasteiger partial charge < -0.3 is 14.9 Å². The second-order valence-corrected chi connectivity index (χ2v) is 5.10. The number of nitrogens with one attached hydrogen (secondary N) is 1. The summed E-state index contributed by atoms with van der Waals surface area (Å²) in [6.45, 7) is 1.88. The third-order valence-electron chi connectivity index (χ3n) is 3.40. The van der Waals surface area contributed by atoms with Crippen LogP contribution < -0.4 is 0 Å². The van der Waals surface area contributed by atoms with E-state index >= 15 is 0 Å². The number of carboxylic acid groups (broad SMARTS) is 1. The molecule has 5 nitrogen and oxygen atoms in total. The summed E-state index contributed by atoms with van der Waals surface area (Å²) < 4.78 is 0. The molecule has 0 saturated carbocycles. The Hall–Kier alpha value is -2.30. The summed E-state index contributed by atoms with van der Waals surface area (Å²) in [5.74, 6) is -1.01. The van der Waals surface area contributed by atoms with Crippen molar-refractivity contribution in [2.24, 2.45) is 5.16 Å². The average Bonchev–Trinajstić information content (AvgIpc) is 2.95. The Labute approximate surface area is 109 Å². The first kappa shape index (κ1) is 11.8. The zero-order chi connectivity index (χ0) is 13.5. The molecule has 1 atom stereocenters. The zero-order valence-corrected chi connectivity index (χ0v) is 10.5. The Morgan fingerprint density at radius 3 is 3.05 bits per heavy atom. The fraction of sp³-hybridized carbons (Fsp3) is 0.286. The molecule has 2 heterocycles. The summed E-state index contributed by atoms with van der Waals surface area (Å²) in [6.07, 6.45) is 2.89. The van der Waals surface area contributed by atoms with Gasteiger partial charge in [0.05, 0.1) is 0 Å². The van der Waals surface area contributed by atoms with Crippen molar-refractivity contribution in [3.05, 3.63) is 36.0 Å². The summed E-state index contributed by atoms with van der Waals surface area (Å²) >= 11 is 0. The van der Waals surface area contributed by atoms with Gasteiger partial charge in [-0.3, -0.25) is 0 Å². The number of carbonyl (C=O) groups is 1. The number of aromatic amines is 1. The molecule has 0 bridgehead atoms. The maximum absolute atomic E-state index is 10.9. The van der Waals surface area contributed by atoms with Crippen molar-refractivity contribution >= 4 is 22.6 Å². The molecule has 1 aromatic heterocycles. The number of H-pyrrole nitrogens is 1. The highest BCUT2D eigenvalue weighted by Gasteiger charge is 2.37. The van der Waals surface area contributed by atoms with Crippen LogP contribution in [-0.2, 0) is 16.1 Å². The lowest BCUT2D eigenvalue weighted by atomic mass is 9.91. The first-order valence-corrected chi connectivity index (χ1v) is 6.11. The Kier molecular flexibility index (Phi) is 2.55. The molecular formula is C14H14N2O3. The topological polar surface area (TPSA) is 74.7 Å². The lowest BCUT2D eigenvalue weighted by Crippen LogP contribution is -2.29. The quantitative estimate of drug-likeness (QED) is 0.887. The monoisotopic (exact) mass is 258 g/mol. The van der Waals surface area contributed by atoms with E-state index in [1.54, 1.807) is 0 Å². The number of aromatic nitrogens is 1. The molecule has 1 unspecified atom stereocenters. The molecule has 5 heteroatoms. The van der Waals surface area contributed by atoms with Crippen molar-refractivity contribution in [3.63, 3.8) is 0 Å². The summed E-state index contributed by atoms with van der Waals surface area (Å²) in [4.78, 5) is 19.4. The molecule has 3 rings (SSSR count).